The SMILES string of the molecule is CCOC(=O)Oc1ccc(C(=O)N2CCC(CNC(=O)CN3C(=O)c4ccccc4C3=O)CC2)cc1. The molecule has 4 rings (SSSR count). The molecule has 2 aliphatic rings. The lowest BCUT2D eigenvalue weighted by Crippen LogP contribution is -2.44. The highest BCUT2D eigenvalue weighted by Crippen LogP contribution is 2.23. The lowest BCUT2D eigenvalue weighted by molar-refractivity contribution is -0.121. The van der Waals surface area contributed by atoms with E-state index in [0.29, 0.717) is 54.9 Å². The van der Waals surface area contributed by atoms with Crippen molar-refractivity contribution >= 4 is 29.8 Å². The third-order valence-electron chi connectivity index (χ3n) is 6.23. The fraction of sp³-hybridized carbons (Fsp3) is 0.346. The second-order valence-corrected chi connectivity index (χ2v) is 8.59. The summed E-state index contributed by atoms with van der Waals surface area (Å²) in [6, 6.07) is 12.8. The Morgan fingerprint density at radius 2 is 1.56 bits per heavy atom. The molecule has 0 aliphatic carbocycles. The first kappa shape index (κ1) is 24.9. The molecular formula is C26H27N3O7. The fourth-order valence-electron chi connectivity index (χ4n) is 4.27. The van der Waals surface area contributed by atoms with Crippen molar-refractivity contribution in [3.05, 3.63) is 65.2 Å². The molecule has 1 N–H and O–H groups in total. The van der Waals surface area contributed by atoms with E-state index in [9.17, 15) is 24.0 Å². The number of benzene rings is 2. The summed E-state index contributed by atoms with van der Waals surface area (Å²) in [7, 11) is 0. The quantitative estimate of drug-likeness (QED) is 0.357. The third kappa shape index (κ3) is 5.54. The van der Waals surface area contributed by atoms with Crippen LogP contribution in [0.5, 0.6) is 5.75 Å². The molecule has 1 saturated heterocycles. The minimum absolute atomic E-state index is 0.120. The number of ether oxygens (including phenoxy) is 2. The zero-order valence-electron chi connectivity index (χ0n) is 19.9. The van der Waals surface area contributed by atoms with E-state index < -0.39 is 23.9 Å². The second kappa shape index (κ2) is 11.0. The molecule has 0 unspecified atom stereocenters. The smallest absolute Gasteiger partial charge is 0.434 e. The van der Waals surface area contributed by atoms with Crippen LogP contribution in [0.3, 0.4) is 0 Å². The molecule has 0 radical (unpaired) electrons. The Balaban J connectivity index is 1.20. The van der Waals surface area contributed by atoms with E-state index in [1.54, 1.807) is 60.4 Å². The standard InChI is InChI=1S/C26H27N3O7/c1-2-35-26(34)36-19-9-7-18(8-10-19)23(31)28-13-11-17(12-14-28)15-27-22(30)16-29-24(32)20-5-3-4-6-21(20)25(29)33/h3-10,17H,2,11-16H2,1H3,(H,27,30). The minimum atomic E-state index is -0.797. The number of nitrogens with zero attached hydrogens (tertiary/aromatic N) is 2. The van der Waals surface area contributed by atoms with Gasteiger partial charge in [-0.2, -0.15) is 0 Å². The molecular weight excluding hydrogens is 466 g/mol. The Morgan fingerprint density at radius 1 is 0.944 bits per heavy atom. The van der Waals surface area contributed by atoms with Crippen LogP contribution < -0.4 is 10.1 Å². The molecule has 0 bridgehead atoms. The molecule has 0 aromatic heterocycles. The van der Waals surface area contributed by atoms with Crippen LogP contribution in [-0.2, 0) is 9.53 Å². The van der Waals surface area contributed by atoms with Gasteiger partial charge in [0.1, 0.15) is 12.3 Å². The molecule has 2 heterocycles. The number of hydrogen-bond acceptors (Lipinski definition) is 7. The van der Waals surface area contributed by atoms with Gasteiger partial charge in [0.15, 0.2) is 0 Å². The van der Waals surface area contributed by atoms with E-state index >= 15 is 0 Å². The van der Waals surface area contributed by atoms with E-state index in [0.717, 1.165) is 4.90 Å². The molecule has 0 saturated carbocycles. The zero-order chi connectivity index (χ0) is 25.7. The lowest BCUT2D eigenvalue weighted by atomic mass is 9.96. The van der Waals surface area contributed by atoms with Crippen molar-refractivity contribution in [2.45, 2.75) is 19.8 Å². The Bertz CT molecular complexity index is 1140. The fourth-order valence-corrected chi connectivity index (χ4v) is 4.27. The molecule has 10 heteroatoms. The van der Waals surface area contributed by atoms with Gasteiger partial charge in [-0.25, -0.2) is 4.79 Å². The van der Waals surface area contributed by atoms with Crippen LogP contribution in [0.1, 0.15) is 50.8 Å². The van der Waals surface area contributed by atoms with Crippen LogP contribution in [0, 0.1) is 5.92 Å². The van der Waals surface area contributed by atoms with Crippen molar-refractivity contribution in [2.24, 2.45) is 5.92 Å². The molecule has 0 spiro atoms. The van der Waals surface area contributed by atoms with E-state index in [-0.39, 0.29) is 25.0 Å². The van der Waals surface area contributed by atoms with Gasteiger partial charge in [-0.3, -0.25) is 24.1 Å². The maximum atomic E-state index is 12.8. The minimum Gasteiger partial charge on any atom is -0.434 e. The number of rotatable bonds is 7. The Labute approximate surface area is 208 Å². The number of carbonyl (C=O) groups excluding carboxylic acids is 5. The van der Waals surface area contributed by atoms with Crippen LogP contribution in [0.4, 0.5) is 4.79 Å². The highest BCUT2D eigenvalue weighted by molar-refractivity contribution is 6.22. The number of fused-ring (bicyclic) bond motifs is 1. The number of piperidine rings is 1. The van der Waals surface area contributed by atoms with Crippen LogP contribution in [0.25, 0.3) is 0 Å². The lowest BCUT2D eigenvalue weighted by Gasteiger charge is -2.32. The Hall–Kier alpha value is -4.21. The summed E-state index contributed by atoms with van der Waals surface area (Å²) in [6.45, 7) is 3.06. The summed E-state index contributed by atoms with van der Waals surface area (Å²) in [5.41, 5.74) is 1.11. The normalized spacial score (nSPS) is 15.5. The van der Waals surface area contributed by atoms with Gasteiger partial charge in [0.25, 0.3) is 17.7 Å². The van der Waals surface area contributed by atoms with Gasteiger partial charge < -0.3 is 19.7 Å². The molecule has 2 aliphatic heterocycles. The van der Waals surface area contributed by atoms with Gasteiger partial charge in [0, 0.05) is 25.2 Å². The van der Waals surface area contributed by atoms with E-state index in [4.69, 9.17) is 9.47 Å². The van der Waals surface area contributed by atoms with Crippen molar-refractivity contribution in [1.29, 1.82) is 0 Å². The van der Waals surface area contributed by atoms with Gasteiger partial charge in [-0.15, -0.1) is 0 Å². The first-order chi connectivity index (χ1) is 17.4. The van der Waals surface area contributed by atoms with Gasteiger partial charge in [0.2, 0.25) is 5.91 Å². The summed E-state index contributed by atoms with van der Waals surface area (Å²) >= 11 is 0. The zero-order valence-corrected chi connectivity index (χ0v) is 19.9. The number of carbonyl (C=O) groups is 5. The summed E-state index contributed by atoms with van der Waals surface area (Å²) in [4.78, 5) is 64.2. The highest BCUT2D eigenvalue weighted by Gasteiger charge is 2.36. The molecule has 10 nitrogen and oxygen atoms in total. The van der Waals surface area contributed by atoms with Gasteiger partial charge in [-0.05, 0) is 62.1 Å². The molecule has 0 atom stereocenters. The molecule has 36 heavy (non-hydrogen) atoms. The van der Waals surface area contributed by atoms with Crippen LogP contribution in [0.2, 0.25) is 0 Å². The predicted molar refractivity (Wildman–Crippen MR) is 128 cm³/mol. The molecule has 2 aromatic carbocycles. The maximum Gasteiger partial charge on any atom is 0.513 e. The van der Waals surface area contributed by atoms with Crippen molar-refractivity contribution in [2.75, 3.05) is 32.8 Å². The van der Waals surface area contributed by atoms with Crippen molar-refractivity contribution < 1.29 is 33.4 Å². The summed E-state index contributed by atoms with van der Waals surface area (Å²) in [6.07, 6.45) is 0.626. The Kier molecular flexibility index (Phi) is 7.62. The topological polar surface area (TPSA) is 122 Å². The van der Waals surface area contributed by atoms with Crippen molar-refractivity contribution in [3.8, 4) is 5.75 Å². The van der Waals surface area contributed by atoms with E-state index in [1.807, 2.05) is 0 Å². The predicted octanol–water partition coefficient (Wildman–Crippen LogP) is 2.49. The number of hydrogen-bond donors (Lipinski definition) is 1. The van der Waals surface area contributed by atoms with E-state index in [2.05, 4.69) is 5.32 Å². The van der Waals surface area contributed by atoms with Crippen LogP contribution in [-0.4, -0.2) is 72.4 Å². The van der Waals surface area contributed by atoms with Gasteiger partial charge >= 0.3 is 6.16 Å². The average molecular weight is 494 g/mol. The number of imide groups is 1. The first-order valence-corrected chi connectivity index (χ1v) is 11.8. The molecule has 4 amide bonds. The maximum absolute atomic E-state index is 12.8. The summed E-state index contributed by atoms with van der Waals surface area (Å²) in [5.74, 6) is -0.962. The summed E-state index contributed by atoms with van der Waals surface area (Å²) < 4.78 is 9.73. The average Bonchev–Trinajstić information content (AvgIpc) is 3.13. The Morgan fingerprint density at radius 3 is 2.14 bits per heavy atom. The van der Waals surface area contributed by atoms with Crippen molar-refractivity contribution in [3.63, 3.8) is 0 Å². The van der Waals surface area contributed by atoms with Crippen molar-refractivity contribution in [1.82, 2.24) is 15.1 Å². The third-order valence-corrected chi connectivity index (χ3v) is 6.23. The van der Waals surface area contributed by atoms with Crippen LogP contribution in [0.15, 0.2) is 48.5 Å². The number of likely N-dealkylation sites (tertiary alicyclic amines) is 1. The summed E-state index contributed by atoms with van der Waals surface area (Å²) in [5, 5.41) is 2.81. The van der Waals surface area contributed by atoms with Gasteiger partial charge in [0.05, 0.1) is 17.7 Å². The number of amides is 4. The monoisotopic (exact) mass is 493 g/mol. The molecule has 2 aromatic rings. The largest absolute Gasteiger partial charge is 0.513 e. The molecule has 188 valence electrons. The first-order valence-electron chi connectivity index (χ1n) is 11.8. The highest BCUT2D eigenvalue weighted by atomic mass is 16.7. The van der Waals surface area contributed by atoms with Crippen LogP contribution >= 0.6 is 0 Å². The van der Waals surface area contributed by atoms with E-state index in [1.165, 1.54) is 0 Å². The second-order valence-electron chi connectivity index (χ2n) is 8.59. The molecule has 1 fully saturated rings. The van der Waals surface area contributed by atoms with Gasteiger partial charge in [-0.1, -0.05) is 12.1 Å². The number of nitrogens with one attached hydrogen (secondary N) is 1.